The molecule has 254 valence electrons. The fourth-order valence-corrected chi connectivity index (χ4v) is 5.05. The van der Waals surface area contributed by atoms with Crippen molar-refractivity contribution < 1.29 is 48.0 Å². The lowest BCUT2D eigenvalue weighted by molar-refractivity contribution is -0.134. The summed E-state index contributed by atoms with van der Waals surface area (Å²) in [5, 5.41) is 18.3. The molecule has 13 heteroatoms. The third kappa shape index (κ3) is 11.1. The molecule has 4 rings (SSSR count). The fraction of sp³-hybridized carbons (Fsp3) is 0.286. The Hall–Kier alpha value is -5.56. The molecule has 0 unspecified atom stereocenters. The van der Waals surface area contributed by atoms with Crippen molar-refractivity contribution in [3.8, 4) is 11.5 Å². The monoisotopic (exact) mass is 663 g/mol. The van der Waals surface area contributed by atoms with Crippen molar-refractivity contribution in [3.05, 3.63) is 95.8 Å². The second-order valence-electron chi connectivity index (χ2n) is 10.7. The summed E-state index contributed by atoms with van der Waals surface area (Å²) in [4.78, 5) is 61.1. The first-order valence-electron chi connectivity index (χ1n) is 15.0. The maximum atomic E-state index is 13.8. The largest absolute Gasteiger partial charge is 0.497 e. The van der Waals surface area contributed by atoms with Crippen LogP contribution in [-0.2, 0) is 14.4 Å². The topological polar surface area (TPSA) is 163 Å². The van der Waals surface area contributed by atoms with Crippen LogP contribution in [0.5, 0.6) is 11.5 Å². The van der Waals surface area contributed by atoms with Gasteiger partial charge in [0.2, 0.25) is 5.91 Å². The van der Waals surface area contributed by atoms with E-state index in [0.717, 1.165) is 0 Å². The van der Waals surface area contributed by atoms with Crippen LogP contribution in [0.25, 0.3) is 0 Å². The molecule has 0 aliphatic carbocycles. The second-order valence-corrected chi connectivity index (χ2v) is 10.7. The van der Waals surface area contributed by atoms with E-state index in [0.29, 0.717) is 85.2 Å². The molecule has 0 saturated carbocycles. The van der Waals surface area contributed by atoms with E-state index in [2.05, 4.69) is 10.2 Å². The molecular weight excluding hydrogens is 625 g/mol. The van der Waals surface area contributed by atoms with E-state index in [1.807, 2.05) is 0 Å². The molecule has 1 aliphatic rings. The quantitative estimate of drug-likeness (QED) is 0.182. The average Bonchev–Trinajstić information content (AvgIpc) is 3.08. The number of carboxylic acid groups (broad SMARTS) is 2. The van der Waals surface area contributed by atoms with Gasteiger partial charge < -0.3 is 34.8 Å². The van der Waals surface area contributed by atoms with Gasteiger partial charge in [-0.1, -0.05) is 0 Å². The van der Waals surface area contributed by atoms with Gasteiger partial charge in [0.05, 0.1) is 19.9 Å². The Morgan fingerprint density at radius 1 is 0.875 bits per heavy atom. The van der Waals surface area contributed by atoms with Gasteiger partial charge in [0.25, 0.3) is 5.91 Å². The minimum Gasteiger partial charge on any atom is -0.497 e. The van der Waals surface area contributed by atoms with Crippen LogP contribution in [0, 0.1) is 11.7 Å². The van der Waals surface area contributed by atoms with Gasteiger partial charge in [0.1, 0.15) is 17.3 Å². The molecule has 3 aromatic carbocycles. The number of ether oxygens (including phenoxy) is 2. The number of amides is 2. The summed E-state index contributed by atoms with van der Waals surface area (Å²) in [7, 11) is 3.12. The summed E-state index contributed by atoms with van der Waals surface area (Å²) >= 11 is 0. The minimum absolute atomic E-state index is 0.0419. The van der Waals surface area contributed by atoms with Crippen molar-refractivity contribution >= 4 is 40.9 Å². The number of carbonyl (C=O) groups excluding carboxylic acids is 3. The van der Waals surface area contributed by atoms with Gasteiger partial charge in [-0.2, -0.15) is 0 Å². The van der Waals surface area contributed by atoms with Crippen molar-refractivity contribution in [2.75, 3.05) is 50.6 Å². The highest BCUT2D eigenvalue weighted by atomic mass is 19.1. The first-order chi connectivity index (χ1) is 22.9. The first-order valence-corrected chi connectivity index (χ1v) is 15.0. The molecule has 0 atom stereocenters. The lowest BCUT2D eigenvalue weighted by atomic mass is 9.89. The Morgan fingerprint density at radius 2 is 1.46 bits per heavy atom. The van der Waals surface area contributed by atoms with Gasteiger partial charge in [-0.05, 0) is 86.6 Å². The van der Waals surface area contributed by atoms with Gasteiger partial charge in [-0.15, -0.1) is 0 Å². The highest BCUT2D eigenvalue weighted by Gasteiger charge is 2.28. The molecule has 1 aliphatic heterocycles. The highest BCUT2D eigenvalue weighted by Crippen LogP contribution is 2.33. The Kier molecular flexibility index (Phi) is 13.8. The van der Waals surface area contributed by atoms with Crippen molar-refractivity contribution in [1.29, 1.82) is 0 Å². The van der Waals surface area contributed by atoms with E-state index < -0.39 is 11.9 Å². The molecule has 2 amide bonds. The summed E-state index contributed by atoms with van der Waals surface area (Å²) in [6.45, 7) is 3.82. The number of methoxy groups -OCH3 is 2. The minimum atomic E-state index is -1.26. The van der Waals surface area contributed by atoms with E-state index in [4.69, 9.17) is 19.7 Å². The van der Waals surface area contributed by atoms with Crippen molar-refractivity contribution in [1.82, 2.24) is 4.90 Å². The maximum Gasteiger partial charge on any atom is 0.328 e. The zero-order valence-corrected chi connectivity index (χ0v) is 26.9. The van der Waals surface area contributed by atoms with E-state index in [1.54, 1.807) is 61.6 Å². The molecule has 1 saturated heterocycles. The smallest absolute Gasteiger partial charge is 0.328 e. The Balaban J connectivity index is 0.000000694. The molecule has 48 heavy (non-hydrogen) atoms. The fourth-order valence-electron chi connectivity index (χ4n) is 5.05. The number of carboxylic acids is 2. The number of rotatable bonds is 12. The summed E-state index contributed by atoms with van der Waals surface area (Å²) in [5.41, 5.74) is 2.18. The third-order valence-electron chi connectivity index (χ3n) is 7.47. The molecule has 1 heterocycles. The van der Waals surface area contributed by atoms with Crippen LogP contribution in [0.3, 0.4) is 0 Å². The van der Waals surface area contributed by atoms with E-state index in [1.165, 1.54) is 31.2 Å². The number of piperidine rings is 1. The number of carbonyl (C=O) groups is 5. The summed E-state index contributed by atoms with van der Waals surface area (Å²) in [5.74, 6) is -2.23. The zero-order valence-electron chi connectivity index (χ0n) is 26.9. The van der Waals surface area contributed by atoms with Crippen LogP contribution >= 0.6 is 0 Å². The van der Waals surface area contributed by atoms with Crippen LogP contribution in [0.1, 0.15) is 40.5 Å². The zero-order chi connectivity index (χ0) is 35.2. The van der Waals surface area contributed by atoms with Gasteiger partial charge in [-0.3, -0.25) is 14.4 Å². The Bertz CT molecular complexity index is 1600. The van der Waals surface area contributed by atoms with E-state index >= 15 is 0 Å². The molecular formula is C35H38FN3O9. The molecule has 12 nitrogen and oxygen atoms in total. The highest BCUT2D eigenvalue weighted by molar-refractivity contribution is 6.07. The third-order valence-corrected chi connectivity index (χ3v) is 7.47. The number of hydrogen-bond acceptors (Lipinski definition) is 8. The number of anilines is 2. The van der Waals surface area contributed by atoms with Gasteiger partial charge >= 0.3 is 11.9 Å². The number of nitrogens with one attached hydrogen (secondary N) is 1. The molecule has 0 spiro atoms. The number of hydrogen-bond donors (Lipinski definition) is 3. The molecule has 0 bridgehead atoms. The Labute approximate surface area is 277 Å². The number of benzene rings is 3. The maximum absolute atomic E-state index is 13.8. The van der Waals surface area contributed by atoms with Crippen LogP contribution in [-0.4, -0.2) is 85.0 Å². The summed E-state index contributed by atoms with van der Waals surface area (Å²) in [6, 6.07) is 17.8. The number of Topliss-reactive ketones (excluding diaryl/α,β-unsaturated/α-hetero) is 1. The normalized spacial score (nSPS) is 13.2. The molecule has 0 radical (unpaired) electrons. The molecule has 3 aromatic rings. The lowest BCUT2D eigenvalue weighted by Gasteiger charge is -2.33. The van der Waals surface area contributed by atoms with E-state index in [-0.39, 0.29) is 29.3 Å². The average molecular weight is 664 g/mol. The van der Waals surface area contributed by atoms with E-state index in [9.17, 15) is 28.4 Å². The number of nitrogens with zero attached hydrogens (tertiary/aromatic N) is 2. The predicted octanol–water partition coefficient (Wildman–Crippen LogP) is 4.75. The van der Waals surface area contributed by atoms with Crippen molar-refractivity contribution in [2.24, 2.45) is 5.92 Å². The van der Waals surface area contributed by atoms with Crippen LogP contribution in [0.2, 0.25) is 0 Å². The summed E-state index contributed by atoms with van der Waals surface area (Å²) < 4.78 is 24.3. The SMILES string of the molecule is COc1ccc(OC)c(N(CCN2CCC(C(=O)c3ccc(F)cc3)CC2)C(=O)c2ccc(NC(C)=O)cc2)c1.O=C(O)/C=C/C(=O)O. The number of likely N-dealkylation sites (tertiary alicyclic amines) is 1. The molecule has 1 fully saturated rings. The number of aliphatic carboxylic acids is 2. The van der Waals surface area contributed by atoms with Gasteiger partial charge in [0, 0.05) is 61.0 Å². The lowest BCUT2D eigenvalue weighted by Crippen LogP contribution is -2.43. The van der Waals surface area contributed by atoms with Crippen LogP contribution in [0.15, 0.2) is 78.9 Å². The van der Waals surface area contributed by atoms with Crippen molar-refractivity contribution in [2.45, 2.75) is 19.8 Å². The predicted molar refractivity (Wildman–Crippen MR) is 176 cm³/mol. The molecule has 0 aromatic heterocycles. The Morgan fingerprint density at radius 3 is 1.98 bits per heavy atom. The first kappa shape index (κ1) is 36.9. The van der Waals surface area contributed by atoms with Gasteiger partial charge in [0.15, 0.2) is 5.78 Å². The van der Waals surface area contributed by atoms with Crippen LogP contribution in [0.4, 0.5) is 15.8 Å². The second kappa shape index (κ2) is 18.0. The number of halogens is 1. The van der Waals surface area contributed by atoms with Crippen molar-refractivity contribution in [3.63, 3.8) is 0 Å². The molecule has 3 N–H and O–H groups in total. The van der Waals surface area contributed by atoms with Gasteiger partial charge in [-0.25, -0.2) is 14.0 Å². The summed E-state index contributed by atoms with van der Waals surface area (Å²) in [6.07, 6.45) is 2.50. The van der Waals surface area contributed by atoms with Crippen LogP contribution < -0.4 is 19.7 Å². The number of ketones is 1. The standard InChI is InChI=1S/C31H34FN3O5.C4H4O4/c1-21(36)33-26-10-6-24(7-11-26)31(38)35(28-20-27(39-2)12-13-29(28)40-3)19-18-34-16-14-23(15-17-34)30(37)22-4-8-25(32)9-5-22;5-3(6)1-2-4(7)8/h4-13,20,23H,14-19H2,1-3H3,(H,33,36);1-2H,(H,5,6)(H,7,8)/b;2-1+.